The fraction of sp³-hybridized carbons (Fsp3) is 0.750. The summed E-state index contributed by atoms with van der Waals surface area (Å²) >= 11 is 0. The van der Waals surface area contributed by atoms with Crippen molar-refractivity contribution in [3.05, 3.63) is 11.6 Å². The van der Waals surface area contributed by atoms with Gasteiger partial charge in [0.1, 0.15) is 0 Å². The summed E-state index contributed by atoms with van der Waals surface area (Å²) in [6.07, 6.45) is -11.0. The summed E-state index contributed by atoms with van der Waals surface area (Å²) in [7, 11) is 0. The molecular formula is C12H9F13O2. The van der Waals surface area contributed by atoms with Crippen LogP contribution in [0, 0.1) is 0 Å². The molecule has 0 fully saturated rings. The maximum atomic E-state index is 13.3. The number of halogens is 13. The fourth-order valence-electron chi connectivity index (χ4n) is 1.52. The molecule has 0 rings (SSSR count). The first-order valence-electron chi connectivity index (χ1n) is 6.43. The molecule has 0 aliphatic rings. The van der Waals surface area contributed by atoms with Gasteiger partial charge < -0.3 is 5.11 Å². The van der Waals surface area contributed by atoms with Gasteiger partial charge in [-0.25, -0.2) is 4.79 Å². The first-order valence-corrected chi connectivity index (χ1v) is 6.43. The van der Waals surface area contributed by atoms with Crippen LogP contribution in [0.5, 0.6) is 0 Å². The SMILES string of the molecule is CC(=CCCC(F)(F)C(F)(F)C(F)(F)C(F)(F)C(F)(F)C(F)(F)F)C(=O)O. The molecule has 0 bridgehead atoms. The monoisotopic (exact) mass is 432 g/mol. The van der Waals surface area contributed by atoms with Crippen LogP contribution in [0.1, 0.15) is 19.8 Å². The standard InChI is InChI=1S/C12H9F13O2/c1-5(6(26)27)3-2-4-7(13,14)8(15,16)9(17,18)10(19,20)11(21,22)12(23,24)25/h3H,2,4H2,1H3,(H,26,27). The highest BCUT2D eigenvalue weighted by Gasteiger charge is 2.90. The smallest absolute Gasteiger partial charge is 0.460 e. The molecule has 0 aromatic rings. The molecule has 0 radical (unpaired) electrons. The van der Waals surface area contributed by atoms with Gasteiger partial charge in [0.05, 0.1) is 0 Å². The first-order chi connectivity index (χ1) is 11.6. The van der Waals surface area contributed by atoms with Crippen LogP contribution < -0.4 is 0 Å². The molecule has 27 heavy (non-hydrogen) atoms. The van der Waals surface area contributed by atoms with Crippen molar-refractivity contribution in [1.82, 2.24) is 0 Å². The van der Waals surface area contributed by atoms with Crippen LogP contribution >= 0.6 is 0 Å². The van der Waals surface area contributed by atoms with Gasteiger partial charge in [0.2, 0.25) is 0 Å². The number of rotatable bonds is 8. The molecule has 0 aliphatic carbocycles. The van der Waals surface area contributed by atoms with E-state index in [9.17, 15) is 61.9 Å². The van der Waals surface area contributed by atoms with E-state index in [2.05, 4.69) is 0 Å². The molecule has 0 aromatic heterocycles. The van der Waals surface area contributed by atoms with Crippen LogP contribution in [0.25, 0.3) is 0 Å². The predicted molar refractivity (Wildman–Crippen MR) is 61.4 cm³/mol. The van der Waals surface area contributed by atoms with Gasteiger partial charge in [-0.15, -0.1) is 0 Å². The lowest BCUT2D eigenvalue weighted by molar-refractivity contribution is -0.440. The number of hydrogen-bond acceptors (Lipinski definition) is 1. The Kier molecular flexibility index (Phi) is 6.59. The van der Waals surface area contributed by atoms with Crippen molar-refractivity contribution in [2.45, 2.75) is 55.6 Å². The number of carboxylic acids is 1. The van der Waals surface area contributed by atoms with Crippen LogP contribution in [0.15, 0.2) is 11.6 Å². The molecule has 15 heteroatoms. The van der Waals surface area contributed by atoms with Gasteiger partial charge in [0.15, 0.2) is 0 Å². The summed E-state index contributed by atoms with van der Waals surface area (Å²) in [6, 6.07) is 0. The van der Waals surface area contributed by atoms with E-state index in [0.717, 1.165) is 6.92 Å². The molecular weight excluding hydrogens is 423 g/mol. The first kappa shape index (κ1) is 25.3. The molecule has 0 aliphatic heterocycles. The summed E-state index contributed by atoms with van der Waals surface area (Å²) in [4.78, 5) is 10.3. The third-order valence-electron chi connectivity index (χ3n) is 3.24. The Morgan fingerprint density at radius 3 is 1.44 bits per heavy atom. The van der Waals surface area contributed by atoms with Crippen molar-refractivity contribution in [2.75, 3.05) is 0 Å². The van der Waals surface area contributed by atoms with E-state index < -0.39 is 60.2 Å². The number of alkyl halides is 13. The van der Waals surface area contributed by atoms with Crippen LogP contribution in [-0.2, 0) is 4.79 Å². The maximum absolute atomic E-state index is 13.3. The van der Waals surface area contributed by atoms with E-state index in [0.29, 0.717) is 6.08 Å². The third-order valence-corrected chi connectivity index (χ3v) is 3.24. The Morgan fingerprint density at radius 2 is 1.11 bits per heavy atom. The van der Waals surface area contributed by atoms with Crippen LogP contribution in [-0.4, -0.2) is 46.9 Å². The van der Waals surface area contributed by atoms with Gasteiger partial charge in [-0.3, -0.25) is 0 Å². The zero-order valence-corrected chi connectivity index (χ0v) is 12.8. The quantitative estimate of drug-likeness (QED) is 0.404. The molecule has 2 nitrogen and oxygen atoms in total. The lowest BCUT2D eigenvalue weighted by Crippen LogP contribution is -2.70. The average Bonchev–Trinajstić information content (AvgIpc) is 2.44. The largest absolute Gasteiger partial charge is 0.478 e. The van der Waals surface area contributed by atoms with E-state index in [1.165, 1.54) is 0 Å². The van der Waals surface area contributed by atoms with Gasteiger partial charge in [0.25, 0.3) is 0 Å². The highest BCUT2D eigenvalue weighted by molar-refractivity contribution is 5.85. The predicted octanol–water partition coefficient (Wildman–Crippen LogP) is 5.54. The lowest BCUT2D eigenvalue weighted by Gasteiger charge is -2.39. The Bertz CT molecular complexity index is 589. The molecule has 160 valence electrons. The second-order valence-corrected chi connectivity index (χ2v) is 5.23. The lowest BCUT2D eigenvalue weighted by atomic mass is 9.92. The molecule has 0 atom stereocenters. The highest BCUT2D eigenvalue weighted by Crippen LogP contribution is 2.60. The van der Waals surface area contributed by atoms with E-state index in [-0.39, 0.29) is 0 Å². The summed E-state index contributed by atoms with van der Waals surface area (Å²) < 4.78 is 166. The van der Waals surface area contributed by atoms with E-state index in [1.54, 1.807) is 0 Å². The molecule has 0 unspecified atom stereocenters. The molecule has 0 amide bonds. The summed E-state index contributed by atoms with van der Waals surface area (Å²) in [5.74, 6) is -38.8. The Balaban J connectivity index is 5.94. The summed E-state index contributed by atoms with van der Waals surface area (Å²) in [5.41, 5.74) is -0.741. The minimum atomic E-state index is -7.93. The summed E-state index contributed by atoms with van der Waals surface area (Å²) in [5, 5.41) is 8.36. The van der Waals surface area contributed by atoms with Crippen molar-refractivity contribution in [3.63, 3.8) is 0 Å². The Labute approximate surface area is 141 Å². The number of allylic oxidation sites excluding steroid dienone is 1. The van der Waals surface area contributed by atoms with E-state index in [4.69, 9.17) is 5.11 Å². The zero-order chi connectivity index (χ0) is 22.3. The van der Waals surface area contributed by atoms with Crippen molar-refractivity contribution < 1.29 is 67.0 Å². The Hall–Kier alpha value is -1.70. The molecule has 0 saturated carbocycles. The molecule has 0 spiro atoms. The van der Waals surface area contributed by atoms with Crippen LogP contribution in [0.4, 0.5) is 57.1 Å². The average molecular weight is 432 g/mol. The Morgan fingerprint density at radius 1 is 0.741 bits per heavy atom. The fourth-order valence-corrected chi connectivity index (χ4v) is 1.52. The van der Waals surface area contributed by atoms with E-state index >= 15 is 0 Å². The minimum absolute atomic E-state index is 0.299. The van der Waals surface area contributed by atoms with Crippen LogP contribution in [0.2, 0.25) is 0 Å². The molecule has 0 saturated heterocycles. The number of carboxylic acid groups (broad SMARTS) is 1. The number of carbonyl (C=O) groups is 1. The third kappa shape index (κ3) is 4.10. The second-order valence-electron chi connectivity index (χ2n) is 5.23. The van der Waals surface area contributed by atoms with Gasteiger partial charge in [0, 0.05) is 12.0 Å². The minimum Gasteiger partial charge on any atom is -0.478 e. The van der Waals surface area contributed by atoms with Crippen molar-refractivity contribution >= 4 is 5.97 Å². The summed E-state index contributed by atoms with van der Waals surface area (Å²) in [6.45, 7) is 0.755. The number of hydrogen-bond donors (Lipinski definition) is 1. The topological polar surface area (TPSA) is 37.3 Å². The second kappa shape index (κ2) is 7.04. The normalized spacial score (nSPS) is 15.9. The highest BCUT2D eigenvalue weighted by atomic mass is 19.4. The van der Waals surface area contributed by atoms with Gasteiger partial charge >= 0.3 is 41.8 Å². The number of aliphatic carboxylic acids is 1. The molecule has 0 aromatic carbocycles. The molecule has 0 heterocycles. The van der Waals surface area contributed by atoms with E-state index in [1.807, 2.05) is 0 Å². The van der Waals surface area contributed by atoms with Crippen molar-refractivity contribution in [3.8, 4) is 0 Å². The van der Waals surface area contributed by atoms with Crippen LogP contribution in [0.3, 0.4) is 0 Å². The van der Waals surface area contributed by atoms with Gasteiger partial charge in [-0.1, -0.05) is 6.08 Å². The van der Waals surface area contributed by atoms with Gasteiger partial charge in [-0.05, 0) is 13.3 Å². The zero-order valence-electron chi connectivity index (χ0n) is 12.8. The van der Waals surface area contributed by atoms with Crippen molar-refractivity contribution in [1.29, 1.82) is 0 Å². The maximum Gasteiger partial charge on any atom is 0.460 e. The van der Waals surface area contributed by atoms with Gasteiger partial charge in [-0.2, -0.15) is 57.1 Å². The molecule has 1 N–H and O–H groups in total. The van der Waals surface area contributed by atoms with Crippen molar-refractivity contribution in [2.24, 2.45) is 0 Å².